The van der Waals surface area contributed by atoms with Gasteiger partial charge in [-0.25, -0.2) is 4.98 Å². The van der Waals surface area contributed by atoms with E-state index >= 15 is 0 Å². The number of benzene rings is 1. The molecule has 0 spiro atoms. The number of rotatable bonds is 4. The van der Waals surface area contributed by atoms with Crippen LogP contribution < -0.4 is 10.1 Å². The van der Waals surface area contributed by atoms with Crippen molar-refractivity contribution in [2.75, 3.05) is 7.11 Å². The third kappa shape index (κ3) is 3.71. The summed E-state index contributed by atoms with van der Waals surface area (Å²) < 4.78 is 5.83. The number of carbonyl (C=O) groups excluding carboxylic acids is 1. The number of carbonyl (C=O) groups is 1. The summed E-state index contributed by atoms with van der Waals surface area (Å²) in [6, 6.07) is 9.12. The Labute approximate surface area is 130 Å². The van der Waals surface area contributed by atoms with Crippen LogP contribution >= 0.6 is 27.5 Å². The number of methoxy groups -OCH3 is 1. The van der Waals surface area contributed by atoms with Crippen LogP contribution in [0.2, 0.25) is 5.15 Å². The summed E-state index contributed by atoms with van der Waals surface area (Å²) in [6.45, 7) is 0.388. The van der Waals surface area contributed by atoms with Crippen LogP contribution in [0.15, 0.2) is 41.0 Å². The van der Waals surface area contributed by atoms with E-state index in [4.69, 9.17) is 16.3 Å². The lowest BCUT2D eigenvalue weighted by Crippen LogP contribution is -2.23. The van der Waals surface area contributed by atoms with Crippen molar-refractivity contribution >= 4 is 33.4 Å². The van der Waals surface area contributed by atoms with Crippen molar-refractivity contribution in [3.63, 3.8) is 0 Å². The van der Waals surface area contributed by atoms with Crippen molar-refractivity contribution in [2.24, 2.45) is 0 Å². The highest BCUT2D eigenvalue weighted by Gasteiger charge is 2.11. The Hall–Kier alpha value is -1.59. The van der Waals surface area contributed by atoms with Gasteiger partial charge in [0.25, 0.3) is 5.91 Å². The molecule has 0 unspecified atom stereocenters. The number of hydrogen-bond donors (Lipinski definition) is 1. The molecule has 0 fully saturated rings. The monoisotopic (exact) mass is 354 g/mol. The van der Waals surface area contributed by atoms with Gasteiger partial charge in [-0.2, -0.15) is 0 Å². The summed E-state index contributed by atoms with van der Waals surface area (Å²) in [6.07, 6.45) is 1.54. The number of amides is 1. The molecule has 1 heterocycles. The molecule has 0 saturated heterocycles. The molecule has 1 aromatic heterocycles. The normalized spacial score (nSPS) is 10.2. The fraction of sp³-hybridized carbons (Fsp3) is 0.143. The summed E-state index contributed by atoms with van der Waals surface area (Å²) in [4.78, 5) is 16.0. The molecular formula is C14H12BrClN2O2. The molecule has 0 saturated carbocycles. The van der Waals surface area contributed by atoms with E-state index in [0.29, 0.717) is 16.6 Å². The van der Waals surface area contributed by atoms with Crippen LogP contribution in [0, 0.1) is 0 Å². The topological polar surface area (TPSA) is 51.2 Å². The molecule has 0 aliphatic rings. The number of nitrogens with one attached hydrogen (secondary N) is 1. The predicted octanol–water partition coefficient (Wildman–Crippen LogP) is 3.44. The van der Waals surface area contributed by atoms with Crippen LogP contribution in [0.3, 0.4) is 0 Å². The predicted molar refractivity (Wildman–Crippen MR) is 81.1 cm³/mol. The summed E-state index contributed by atoms with van der Waals surface area (Å²) in [7, 11) is 1.60. The number of ether oxygens (including phenoxy) is 1. The zero-order valence-corrected chi connectivity index (χ0v) is 13.0. The first-order valence-corrected chi connectivity index (χ1v) is 6.99. The van der Waals surface area contributed by atoms with Gasteiger partial charge in [0.1, 0.15) is 10.9 Å². The molecule has 1 aromatic carbocycles. The second kappa shape index (κ2) is 6.72. The Morgan fingerprint density at radius 2 is 2.25 bits per heavy atom. The van der Waals surface area contributed by atoms with Gasteiger partial charge in [0.15, 0.2) is 0 Å². The summed E-state index contributed by atoms with van der Waals surface area (Å²) >= 11 is 9.17. The smallest absolute Gasteiger partial charge is 0.254 e. The molecule has 0 radical (unpaired) electrons. The van der Waals surface area contributed by atoms with Gasteiger partial charge in [-0.3, -0.25) is 4.79 Å². The van der Waals surface area contributed by atoms with Gasteiger partial charge < -0.3 is 10.1 Å². The van der Waals surface area contributed by atoms with Crippen LogP contribution in [0.5, 0.6) is 5.75 Å². The lowest BCUT2D eigenvalue weighted by atomic mass is 10.2. The number of aromatic nitrogens is 1. The Morgan fingerprint density at radius 3 is 3.00 bits per heavy atom. The van der Waals surface area contributed by atoms with Crippen LogP contribution in [0.25, 0.3) is 0 Å². The van der Waals surface area contributed by atoms with Crippen molar-refractivity contribution in [2.45, 2.75) is 6.54 Å². The van der Waals surface area contributed by atoms with E-state index in [1.54, 1.807) is 19.4 Å². The van der Waals surface area contributed by atoms with E-state index in [1.807, 2.05) is 24.3 Å². The third-order valence-corrected chi connectivity index (χ3v) is 3.37. The van der Waals surface area contributed by atoms with E-state index in [9.17, 15) is 4.79 Å². The molecule has 0 bridgehead atoms. The maximum Gasteiger partial charge on any atom is 0.254 e. The summed E-state index contributed by atoms with van der Waals surface area (Å²) in [5.41, 5.74) is 1.28. The van der Waals surface area contributed by atoms with E-state index in [1.165, 1.54) is 0 Å². The molecule has 0 aliphatic heterocycles. The highest BCUT2D eigenvalue weighted by Crippen LogP contribution is 2.18. The number of hydrogen-bond acceptors (Lipinski definition) is 3. The minimum absolute atomic E-state index is 0.177. The lowest BCUT2D eigenvalue weighted by molar-refractivity contribution is 0.0950. The molecule has 104 valence electrons. The van der Waals surface area contributed by atoms with Gasteiger partial charge in [0.05, 0.1) is 12.7 Å². The number of nitrogens with zero attached hydrogens (tertiary/aromatic N) is 1. The van der Waals surface area contributed by atoms with Gasteiger partial charge in [0.2, 0.25) is 0 Å². The fourth-order valence-corrected chi connectivity index (χ4v) is 2.16. The highest BCUT2D eigenvalue weighted by molar-refractivity contribution is 9.10. The second-order valence-electron chi connectivity index (χ2n) is 4.03. The van der Waals surface area contributed by atoms with Crippen LogP contribution in [0.1, 0.15) is 15.9 Å². The largest absolute Gasteiger partial charge is 0.497 e. The maximum atomic E-state index is 12.1. The standard InChI is InChI=1S/C14H12BrClN2O2/c1-20-11-4-2-3-9(5-11)7-18-14(19)12-6-10(15)8-17-13(12)16/h2-6,8H,7H2,1H3,(H,18,19). The Bertz CT molecular complexity index is 634. The van der Waals surface area contributed by atoms with Crippen LogP contribution in [0.4, 0.5) is 0 Å². The third-order valence-electron chi connectivity index (χ3n) is 2.64. The van der Waals surface area contributed by atoms with Gasteiger partial charge in [-0.15, -0.1) is 0 Å². The first kappa shape index (κ1) is 14.8. The van der Waals surface area contributed by atoms with Crippen molar-refractivity contribution in [1.82, 2.24) is 10.3 Å². The van der Waals surface area contributed by atoms with E-state index in [-0.39, 0.29) is 11.1 Å². The average Bonchev–Trinajstić information content (AvgIpc) is 2.47. The van der Waals surface area contributed by atoms with Crippen LogP contribution in [-0.4, -0.2) is 18.0 Å². The molecule has 1 amide bonds. The van der Waals surface area contributed by atoms with Gasteiger partial charge in [-0.05, 0) is 39.7 Å². The summed E-state index contributed by atoms with van der Waals surface area (Å²) in [5.74, 6) is 0.477. The number of halogens is 2. The second-order valence-corrected chi connectivity index (χ2v) is 5.30. The fourth-order valence-electron chi connectivity index (χ4n) is 1.64. The average molecular weight is 356 g/mol. The maximum absolute atomic E-state index is 12.1. The van der Waals surface area contributed by atoms with Gasteiger partial charge >= 0.3 is 0 Å². The molecule has 0 atom stereocenters. The Kier molecular flexibility index (Phi) is 4.98. The molecule has 2 rings (SSSR count). The molecule has 4 nitrogen and oxygen atoms in total. The van der Waals surface area contributed by atoms with Crippen molar-refractivity contribution in [1.29, 1.82) is 0 Å². The first-order valence-electron chi connectivity index (χ1n) is 5.82. The van der Waals surface area contributed by atoms with Crippen molar-refractivity contribution in [3.05, 3.63) is 57.3 Å². The molecule has 20 heavy (non-hydrogen) atoms. The van der Waals surface area contributed by atoms with Gasteiger partial charge in [0, 0.05) is 17.2 Å². The molecule has 2 aromatic rings. The Balaban J connectivity index is 2.06. The van der Waals surface area contributed by atoms with E-state index in [0.717, 1.165) is 11.3 Å². The summed E-state index contributed by atoms with van der Waals surface area (Å²) in [5, 5.41) is 2.97. The highest BCUT2D eigenvalue weighted by atomic mass is 79.9. The van der Waals surface area contributed by atoms with Gasteiger partial charge in [-0.1, -0.05) is 23.7 Å². The minimum atomic E-state index is -0.272. The zero-order valence-electron chi connectivity index (χ0n) is 10.7. The van der Waals surface area contributed by atoms with E-state index in [2.05, 4.69) is 26.2 Å². The van der Waals surface area contributed by atoms with Crippen LogP contribution in [-0.2, 0) is 6.54 Å². The Morgan fingerprint density at radius 1 is 1.45 bits per heavy atom. The number of pyridine rings is 1. The molecule has 0 aliphatic carbocycles. The zero-order chi connectivity index (χ0) is 14.5. The quantitative estimate of drug-likeness (QED) is 0.855. The SMILES string of the molecule is COc1cccc(CNC(=O)c2cc(Br)cnc2Cl)c1. The van der Waals surface area contributed by atoms with Crippen molar-refractivity contribution in [3.8, 4) is 5.75 Å². The molecular weight excluding hydrogens is 344 g/mol. The van der Waals surface area contributed by atoms with E-state index < -0.39 is 0 Å². The lowest BCUT2D eigenvalue weighted by Gasteiger charge is -2.08. The minimum Gasteiger partial charge on any atom is -0.497 e. The first-order chi connectivity index (χ1) is 9.60. The van der Waals surface area contributed by atoms with Crippen molar-refractivity contribution < 1.29 is 9.53 Å². The molecule has 6 heteroatoms. The molecule has 1 N–H and O–H groups in total.